The number of carbonyl (C=O) groups excluding carboxylic acids is 1. The molecule has 0 saturated carbocycles. The number of aromatic nitrogens is 1. The number of halogens is 3. The van der Waals surface area contributed by atoms with E-state index in [1.54, 1.807) is 12.1 Å². The summed E-state index contributed by atoms with van der Waals surface area (Å²) in [6.45, 7) is 1.04. The normalized spacial score (nSPS) is 11.3. The van der Waals surface area contributed by atoms with Gasteiger partial charge in [0.25, 0.3) is 5.91 Å². The predicted molar refractivity (Wildman–Crippen MR) is 101 cm³/mol. The molecule has 0 aliphatic rings. The molecule has 0 atom stereocenters. The minimum absolute atomic E-state index is 0.0125. The fourth-order valence-electron chi connectivity index (χ4n) is 2.63. The van der Waals surface area contributed by atoms with Crippen molar-refractivity contribution < 1.29 is 18.0 Å². The first-order valence-corrected chi connectivity index (χ1v) is 9.15. The Morgan fingerprint density at radius 3 is 2.48 bits per heavy atom. The monoisotopic (exact) mass is 393 g/mol. The van der Waals surface area contributed by atoms with Gasteiger partial charge in [0.2, 0.25) is 0 Å². The molecule has 1 aromatic heterocycles. The third kappa shape index (κ3) is 4.28. The molecule has 0 aliphatic heterocycles. The Morgan fingerprint density at radius 1 is 1.04 bits per heavy atom. The maximum Gasteiger partial charge on any atom is 0.260 e. The standard InChI is InChI=1S/C19H18F3N3OS/c1-24(2)9-4-10-25(18(26)12-7-8-13(20)15(22)11-12)19-23-17-14(21)5-3-6-16(17)27-19/h3,5-8,11H,4,9-10H2,1-2H3. The largest absolute Gasteiger partial charge is 0.309 e. The molecule has 3 rings (SSSR count). The molecule has 1 heterocycles. The summed E-state index contributed by atoms with van der Waals surface area (Å²) in [6, 6.07) is 7.61. The molecule has 0 N–H and O–H groups in total. The smallest absolute Gasteiger partial charge is 0.260 e. The molecule has 0 saturated heterocycles. The van der Waals surface area contributed by atoms with E-state index in [0.717, 1.165) is 18.7 Å². The molecule has 3 aromatic rings. The van der Waals surface area contributed by atoms with Gasteiger partial charge in [0.1, 0.15) is 11.3 Å². The predicted octanol–water partition coefficient (Wildman–Crippen LogP) is 4.31. The van der Waals surface area contributed by atoms with E-state index in [4.69, 9.17) is 0 Å². The van der Waals surface area contributed by atoms with E-state index in [9.17, 15) is 18.0 Å². The van der Waals surface area contributed by atoms with E-state index in [1.807, 2.05) is 19.0 Å². The first kappa shape index (κ1) is 19.3. The van der Waals surface area contributed by atoms with Crippen LogP contribution in [0.2, 0.25) is 0 Å². The lowest BCUT2D eigenvalue weighted by atomic mass is 10.2. The van der Waals surface area contributed by atoms with Gasteiger partial charge in [-0.2, -0.15) is 0 Å². The van der Waals surface area contributed by atoms with Crippen LogP contribution in [0.1, 0.15) is 16.8 Å². The molecule has 0 bridgehead atoms. The van der Waals surface area contributed by atoms with E-state index < -0.39 is 23.4 Å². The Kier molecular flexibility index (Phi) is 5.76. The van der Waals surface area contributed by atoms with Crippen molar-refractivity contribution in [3.05, 3.63) is 59.4 Å². The lowest BCUT2D eigenvalue weighted by Crippen LogP contribution is -2.33. The molecular formula is C19H18F3N3OS. The zero-order chi connectivity index (χ0) is 19.6. The summed E-state index contributed by atoms with van der Waals surface area (Å²) >= 11 is 1.18. The van der Waals surface area contributed by atoms with Crippen LogP contribution in [-0.4, -0.2) is 43.0 Å². The van der Waals surface area contributed by atoms with Crippen molar-refractivity contribution in [2.75, 3.05) is 32.1 Å². The van der Waals surface area contributed by atoms with Crippen LogP contribution in [0, 0.1) is 17.5 Å². The Bertz CT molecular complexity index is 974. The highest BCUT2D eigenvalue weighted by atomic mass is 32.1. The van der Waals surface area contributed by atoms with Gasteiger partial charge in [0.15, 0.2) is 16.8 Å². The number of anilines is 1. The SMILES string of the molecule is CN(C)CCCN(C(=O)c1ccc(F)c(F)c1)c1nc2c(F)cccc2s1. The van der Waals surface area contributed by atoms with Gasteiger partial charge in [-0.1, -0.05) is 17.4 Å². The van der Waals surface area contributed by atoms with Crippen molar-refractivity contribution >= 4 is 32.6 Å². The Hall–Kier alpha value is -2.45. The summed E-state index contributed by atoms with van der Waals surface area (Å²) in [7, 11) is 3.82. The minimum atomic E-state index is -1.09. The zero-order valence-corrected chi connectivity index (χ0v) is 15.7. The topological polar surface area (TPSA) is 36.4 Å². The fourth-order valence-corrected chi connectivity index (χ4v) is 3.64. The molecule has 2 aromatic carbocycles. The van der Waals surface area contributed by atoms with Crippen molar-refractivity contribution in [2.24, 2.45) is 0 Å². The summed E-state index contributed by atoms with van der Waals surface area (Å²) < 4.78 is 41.4. The molecule has 4 nitrogen and oxygen atoms in total. The molecule has 0 unspecified atom stereocenters. The van der Waals surface area contributed by atoms with Crippen LogP contribution in [0.4, 0.5) is 18.3 Å². The Balaban J connectivity index is 1.97. The Morgan fingerprint density at radius 2 is 1.81 bits per heavy atom. The second kappa shape index (κ2) is 8.06. The van der Waals surface area contributed by atoms with Gasteiger partial charge in [0, 0.05) is 12.1 Å². The van der Waals surface area contributed by atoms with Gasteiger partial charge in [-0.3, -0.25) is 9.69 Å². The van der Waals surface area contributed by atoms with Gasteiger partial charge in [-0.25, -0.2) is 18.2 Å². The number of hydrogen-bond donors (Lipinski definition) is 0. The summed E-state index contributed by atoms with van der Waals surface area (Å²) in [5, 5.41) is 0.323. The van der Waals surface area contributed by atoms with Crippen molar-refractivity contribution in [1.82, 2.24) is 9.88 Å². The molecule has 0 aliphatic carbocycles. The average molecular weight is 393 g/mol. The maximum absolute atomic E-state index is 14.0. The molecule has 0 spiro atoms. The van der Waals surface area contributed by atoms with Gasteiger partial charge in [-0.05, 0) is 57.4 Å². The molecule has 27 heavy (non-hydrogen) atoms. The maximum atomic E-state index is 14.0. The van der Waals surface area contributed by atoms with Crippen LogP contribution in [0.25, 0.3) is 10.2 Å². The minimum Gasteiger partial charge on any atom is -0.309 e. The van der Waals surface area contributed by atoms with Crippen LogP contribution >= 0.6 is 11.3 Å². The molecule has 8 heteroatoms. The average Bonchev–Trinajstić information content (AvgIpc) is 3.05. The van der Waals surface area contributed by atoms with E-state index >= 15 is 0 Å². The number of rotatable bonds is 6. The molecular weight excluding hydrogens is 375 g/mol. The van der Waals surface area contributed by atoms with Crippen LogP contribution in [-0.2, 0) is 0 Å². The highest BCUT2D eigenvalue weighted by molar-refractivity contribution is 7.22. The van der Waals surface area contributed by atoms with Crippen molar-refractivity contribution in [2.45, 2.75) is 6.42 Å². The number of thiazole rings is 1. The van der Waals surface area contributed by atoms with Crippen molar-refractivity contribution in [3.63, 3.8) is 0 Å². The van der Waals surface area contributed by atoms with Gasteiger partial charge in [0.05, 0.1) is 4.70 Å². The summed E-state index contributed by atoms with van der Waals surface area (Å²) in [4.78, 5) is 20.6. The number of fused-ring (bicyclic) bond motifs is 1. The van der Waals surface area contributed by atoms with Crippen LogP contribution in [0.15, 0.2) is 36.4 Å². The third-order valence-electron chi connectivity index (χ3n) is 3.99. The second-order valence-electron chi connectivity index (χ2n) is 6.33. The van der Waals surface area contributed by atoms with Crippen LogP contribution < -0.4 is 4.90 Å². The lowest BCUT2D eigenvalue weighted by Gasteiger charge is -2.21. The number of para-hydroxylation sites is 1. The first-order chi connectivity index (χ1) is 12.9. The van der Waals surface area contributed by atoms with E-state index in [1.165, 1.54) is 28.4 Å². The number of carbonyl (C=O) groups is 1. The van der Waals surface area contributed by atoms with E-state index in [2.05, 4.69) is 4.98 Å². The number of hydrogen-bond acceptors (Lipinski definition) is 4. The third-order valence-corrected chi connectivity index (χ3v) is 5.03. The van der Waals surface area contributed by atoms with Gasteiger partial charge < -0.3 is 4.90 Å². The van der Waals surface area contributed by atoms with Crippen molar-refractivity contribution in [3.8, 4) is 0 Å². The highest BCUT2D eigenvalue weighted by Gasteiger charge is 2.23. The fraction of sp³-hybridized carbons (Fsp3) is 0.263. The van der Waals surface area contributed by atoms with Crippen LogP contribution in [0.5, 0.6) is 0 Å². The second-order valence-corrected chi connectivity index (χ2v) is 7.33. The molecule has 142 valence electrons. The van der Waals surface area contributed by atoms with E-state index in [0.29, 0.717) is 22.8 Å². The van der Waals surface area contributed by atoms with Crippen molar-refractivity contribution in [1.29, 1.82) is 0 Å². The summed E-state index contributed by atoms with van der Waals surface area (Å²) in [5.74, 6) is -3.09. The quantitative estimate of drug-likeness (QED) is 0.626. The number of amides is 1. The Labute approximate surface area is 158 Å². The number of nitrogens with zero attached hydrogens (tertiary/aromatic N) is 3. The van der Waals surface area contributed by atoms with Crippen LogP contribution in [0.3, 0.4) is 0 Å². The molecule has 0 fully saturated rings. The van der Waals surface area contributed by atoms with Gasteiger partial charge in [-0.15, -0.1) is 0 Å². The first-order valence-electron chi connectivity index (χ1n) is 8.33. The zero-order valence-electron chi connectivity index (χ0n) is 14.9. The number of benzene rings is 2. The molecule has 1 amide bonds. The highest BCUT2D eigenvalue weighted by Crippen LogP contribution is 2.31. The van der Waals surface area contributed by atoms with Gasteiger partial charge >= 0.3 is 0 Å². The summed E-state index contributed by atoms with van der Waals surface area (Å²) in [6.07, 6.45) is 0.640. The molecule has 0 radical (unpaired) electrons. The van der Waals surface area contributed by atoms with E-state index in [-0.39, 0.29) is 11.1 Å². The lowest BCUT2D eigenvalue weighted by molar-refractivity contribution is 0.0985. The summed E-state index contributed by atoms with van der Waals surface area (Å²) in [5.41, 5.74) is 0.201.